The van der Waals surface area contributed by atoms with E-state index >= 15 is 0 Å². The minimum Gasteiger partial charge on any atom is -0.309 e. The van der Waals surface area contributed by atoms with Crippen LogP contribution < -0.4 is 5.32 Å². The highest BCUT2D eigenvalue weighted by Crippen LogP contribution is 2.26. The van der Waals surface area contributed by atoms with Gasteiger partial charge in [0, 0.05) is 7.05 Å². The first-order valence-electron chi connectivity index (χ1n) is 7.11. The molecule has 1 atom stereocenters. The molecule has 18 heavy (non-hydrogen) atoms. The van der Waals surface area contributed by atoms with Gasteiger partial charge in [-0.2, -0.15) is 5.10 Å². The molecule has 3 nitrogen and oxygen atoms in total. The zero-order valence-electron chi connectivity index (χ0n) is 11.9. The zero-order valence-corrected chi connectivity index (χ0v) is 13.5. The molecule has 4 heteroatoms. The second-order valence-electron chi connectivity index (χ2n) is 4.81. The lowest BCUT2D eigenvalue weighted by Gasteiger charge is -2.19. The summed E-state index contributed by atoms with van der Waals surface area (Å²) < 4.78 is 3.09. The molecule has 0 fully saturated rings. The van der Waals surface area contributed by atoms with Gasteiger partial charge in [0.25, 0.3) is 0 Å². The minimum atomic E-state index is 0.415. The summed E-state index contributed by atoms with van der Waals surface area (Å²) in [5.74, 6) is 0. The molecule has 0 aliphatic carbocycles. The summed E-state index contributed by atoms with van der Waals surface area (Å²) in [6, 6.07) is 0.415. The number of halogens is 1. The smallest absolute Gasteiger partial charge is 0.0692 e. The van der Waals surface area contributed by atoms with Crippen molar-refractivity contribution in [1.82, 2.24) is 15.1 Å². The van der Waals surface area contributed by atoms with Crippen LogP contribution >= 0.6 is 15.9 Å². The van der Waals surface area contributed by atoms with Crippen molar-refractivity contribution >= 4 is 15.9 Å². The van der Waals surface area contributed by atoms with E-state index in [1.807, 2.05) is 17.9 Å². The van der Waals surface area contributed by atoms with E-state index in [9.17, 15) is 0 Å². The maximum Gasteiger partial charge on any atom is 0.0692 e. The summed E-state index contributed by atoms with van der Waals surface area (Å²) in [4.78, 5) is 0. The lowest BCUT2D eigenvalue weighted by molar-refractivity contribution is 0.452. The summed E-state index contributed by atoms with van der Waals surface area (Å²) in [6.45, 7) is 5.42. The predicted octanol–water partition coefficient (Wildman–Crippen LogP) is 4.19. The van der Waals surface area contributed by atoms with Crippen LogP contribution in [0.15, 0.2) is 10.7 Å². The van der Waals surface area contributed by atoms with Crippen LogP contribution in [0.25, 0.3) is 0 Å². The first kappa shape index (κ1) is 15.7. The van der Waals surface area contributed by atoms with Crippen LogP contribution in [0.3, 0.4) is 0 Å². The summed E-state index contributed by atoms with van der Waals surface area (Å²) >= 11 is 3.60. The number of nitrogens with zero attached hydrogens (tertiary/aromatic N) is 2. The van der Waals surface area contributed by atoms with E-state index in [1.54, 1.807) is 0 Å². The highest BCUT2D eigenvalue weighted by molar-refractivity contribution is 9.10. The molecule has 0 amide bonds. The van der Waals surface area contributed by atoms with Gasteiger partial charge in [0.15, 0.2) is 0 Å². The van der Waals surface area contributed by atoms with Crippen LogP contribution in [-0.4, -0.2) is 16.3 Å². The number of unbranched alkanes of at least 4 members (excludes halogenated alkanes) is 4. The van der Waals surface area contributed by atoms with E-state index in [4.69, 9.17) is 0 Å². The fourth-order valence-corrected chi connectivity index (χ4v) is 2.97. The summed E-state index contributed by atoms with van der Waals surface area (Å²) in [7, 11) is 2.02. The molecule has 1 N–H and O–H groups in total. The highest BCUT2D eigenvalue weighted by atomic mass is 79.9. The fourth-order valence-electron chi connectivity index (χ4n) is 2.35. The van der Waals surface area contributed by atoms with Crippen molar-refractivity contribution in [3.63, 3.8) is 0 Å². The SMILES string of the molecule is CCCCCCCC(NCC)c1c(Br)cnn1C. The van der Waals surface area contributed by atoms with E-state index in [1.165, 1.54) is 44.2 Å². The van der Waals surface area contributed by atoms with Crippen LogP contribution in [0.4, 0.5) is 0 Å². The number of aryl methyl sites for hydroxylation is 1. The van der Waals surface area contributed by atoms with Crippen molar-refractivity contribution in [3.05, 3.63) is 16.4 Å². The Morgan fingerprint density at radius 3 is 2.56 bits per heavy atom. The van der Waals surface area contributed by atoms with Crippen LogP contribution in [0, 0.1) is 0 Å². The van der Waals surface area contributed by atoms with E-state index in [0.717, 1.165) is 11.0 Å². The Kier molecular flexibility index (Phi) is 7.59. The van der Waals surface area contributed by atoms with E-state index < -0.39 is 0 Å². The molecule has 104 valence electrons. The summed E-state index contributed by atoms with van der Waals surface area (Å²) in [5, 5.41) is 7.87. The Bertz CT molecular complexity index is 316. The largest absolute Gasteiger partial charge is 0.309 e. The van der Waals surface area contributed by atoms with Gasteiger partial charge in [-0.05, 0) is 28.9 Å². The molecule has 0 aliphatic rings. The normalized spacial score (nSPS) is 12.9. The number of hydrogen-bond acceptors (Lipinski definition) is 2. The zero-order chi connectivity index (χ0) is 13.4. The average Bonchev–Trinajstić information content (AvgIpc) is 2.68. The number of nitrogens with one attached hydrogen (secondary N) is 1. The van der Waals surface area contributed by atoms with Crippen molar-refractivity contribution in [2.45, 2.75) is 58.4 Å². The molecule has 1 aromatic heterocycles. The van der Waals surface area contributed by atoms with E-state index in [-0.39, 0.29) is 0 Å². The van der Waals surface area contributed by atoms with Gasteiger partial charge in [0.2, 0.25) is 0 Å². The van der Waals surface area contributed by atoms with Gasteiger partial charge < -0.3 is 5.32 Å². The first-order valence-corrected chi connectivity index (χ1v) is 7.90. The van der Waals surface area contributed by atoms with Gasteiger partial charge in [-0.1, -0.05) is 46.0 Å². The van der Waals surface area contributed by atoms with Gasteiger partial charge in [-0.15, -0.1) is 0 Å². The third-order valence-corrected chi connectivity index (χ3v) is 3.93. The lowest BCUT2D eigenvalue weighted by atomic mass is 10.0. The molecule has 0 saturated heterocycles. The first-order chi connectivity index (χ1) is 8.70. The monoisotopic (exact) mass is 315 g/mol. The Labute approximate surface area is 119 Å². The summed E-state index contributed by atoms with van der Waals surface area (Å²) in [5.41, 5.74) is 1.27. The molecule has 1 unspecified atom stereocenters. The van der Waals surface area contributed by atoms with Crippen molar-refractivity contribution in [2.75, 3.05) is 6.54 Å². The lowest BCUT2D eigenvalue weighted by Crippen LogP contribution is -2.23. The molecule has 0 bridgehead atoms. The van der Waals surface area contributed by atoms with Gasteiger partial charge in [0.05, 0.1) is 22.4 Å². The number of rotatable bonds is 9. The summed E-state index contributed by atoms with van der Waals surface area (Å²) in [6.07, 6.45) is 9.74. The third-order valence-electron chi connectivity index (χ3n) is 3.31. The third kappa shape index (κ3) is 4.73. The number of aromatic nitrogens is 2. The quantitative estimate of drug-likeness (QED) is 0.692. The van der Waals surface area contributed by atoms with Crippen LogP contribution in [-0.2, 0) is 7.05 Å². The Balaban J connectivity index is 2.50. The molecular weight excluding hydrogens is 290 g/mol. The van der Waals surface area contributed by atoms with Crippen molar-refractivity contribution < 1.29 is 0 Å². The van der Waals surface area contributed by atoms with Crippen LogP contribution in [0.5, 0.6) is 0 Å². The maximum atomic E-state index is 4.31. The van der Waals surface area contributed by atoms with Gasteiger partial charge in [-0.3, -0.25) is 4.68 Å². The van der Waals surface area contributed by atoms with E-state index in [2.05, 4.69) is 40.2 Å². The van der Waals surface area contributed by atoms with Crippen molar-refractivity contribution in [1.29, 1.82) is 0 Å². The van der Waals surface area contributed by atoms with Gasteiger partial charge in [0.1, 0.15) is 0 Å². The minimum absolute atomic E-state index is 0.415. The molecule has 1 heterocycles. The fraction of sp³-hybridized carbons (Fsp3) is 0.786. The Hall–Kier alpha value is -0.350. The molecule has 0 aromatic carbocycles. The second-order valence-corrected chi connectivity index (χ2v) is 5.67. The van der Waals surface area contributed by atoms with Crippen LogP contribution in [0.1, 0.15) is 64.1 Å². The van der Waals surface area contributed by atoms with Crippen molar-refractivity contribution in [2.24, 2.45) is 7.05 Å². The molecule has 1 rings (SSSR count). The van der Waals surface area contributed by atoms with Crippen molar-refractivity contribution in [3.8, 4) is 0 Å². The number of hydrogen-bond donors (Lipinski definition) is 1. The molecule has 0 radical (unpaired) electrons. The Morgan fingerprint density at radius 1 is 1.28 bits per heavy atom. The Morgan fingerprint density at radius 2 is 2.00 bits per heavy atom. The maximum absolute atomic E-state index is 4.31. The average molecular weight is 316 g/mol. The molecule has 0 saturated carbocycles. The molecule has 1 aromatic rings. The molecule has 0 spiro atoms. The van der Waals surface area contributed by atoms with Crippen LogP contribution in [0.2, 0.25) is 0 Å². The second kappa shape index (κ2) is 8.70. The highest BCUT2D eigenvalue weighted by Gasteiger charge is 2.17. The van der Waals surface area contributed by atoms with Gasteiger partial charge in [-0.25, -0.2) is 0 Å². The van der Waals surface area contributed by atoms with Gasteiger partial charge >= 0.3 is 0 Å². The molecular formula is C14H26BrN3. The predicted molar refractivity (Wildman–Crippen MR) is 80.7 cm³/mol. The molecule has 0 aliphatic heterocycles. The standard InChI is InChI=1S/C14H26BrN3/c1-4-6-7-8-9-10-13(16-5-2)14-12(15)11-17-18(14)3/h11,13,16H,4-10H2,1-3H3. The van der Waals surface area contributed by atoms with E-state index in [0.29, 0.717) is 6.04 Å². The topological polar surface area (TPSA) is 29.9 Å².